The summed E-state index contributed by atoms with van der Waals surface area (Å²) in [5.41, 5.74) is -1.16. The van der Waals surface area contributed by atoms with Gasteiger partial charge >= 0.3 is 5.97 Å². The van der Waals surface area contributed by atoms with Crippen molar-refractivity contribution in [1.82, 2.24) is 5.06 Å². The number of hydrogen-bond acceptors (Lipinski definition) is 4. The van der Waals surface area contributed by atoms with E-state index in [9.17, 15) is 10.0 Å². The molecule has 1 heterocycles. The third-order valence-electron chi connectivity index (χ3n) is 2.79. The molecule has 15 heavy (non-hydrogen) atoms. The average molecular weight is 217 g/mol. The predicted octanol–water partition coefficient (Wildman–Crippen LogP) is 1.46. The number of aliphatic carboxylic acids is 1. The minimum atomic E-state index is -0.819. The molecule has 1 saturated heterocycles. The summed E-state index contributed by atoms with van der Waals surface area (Å²) >= 11 is 0. The molecule has 0 aromatic heterocycles. The molecule has 1 aliphatic heterocycles. The molecule has 0 saturated carbocycles. The van der Waals surface area contributed by atoms with Crippen LogP contribution in [0.4, 0.5) is 0 Å². The monoisotopic (exact) mass is 217 g/mol. The summed E-state index contributed by atoms with van der Waals surface area (Å²) in [5.74, 6) is -0.819. The zero-order valence-electron chi connectivity index (χ0n) is 9.49. The van der Waals surface area contributed by atoms with Gasteiger partial charge in [0, 0.05) is 6.42 Å². The summed E-state index contributed by atoms with van der Waals surface area (Å²) in [6.45, 7) is 6.00. The number of nitrogens with zero attached hydrogens (tertiary/aromatic N) is 1. The Morgan fingerprint density at radius 3 is 2.47 bits per heavy atom. The normalized spacial score (nSPS) is 30.7. The van der Waals surface area contributed by atoms with Crippen molar-refractivity contribution in [2.24, 2.45) is 0 Å². The fourth-order valence-corrected chi connectivity index (χ4v) is 1.84. The molecule has 0 aromatic carbocycles. The average Bonchev–Trinajstić information content (AvgIpc) is 2.30. The highest BCUT2D eigenvalue weighted by atomic mass is 16.6. The maximum Gasteiger partial charge on any atom is 0.303 e. The Kier molecular flexibility index (Phi) is 3.38. The molecule has 1 atom stereocenters. The van der Waals surface area contributed by atoms with Gasteiger partial charge in [0.05, 0.1) is 12.1 Å². The van der Waals surface area contributed by atoms with E-state index < -0.39 is 17.2 Å². The van der Waals surface area contributed by atoms with Gasteiger partial charge in [0.1, 0.15) is 5.72 Å². The minimum absolute atomic E-state index is 0.104. The number of hydroxylamine groups is 2. The zero-order chi connectivity index (χ0) is 11.7. The van der Waals surface area contributed by atoms with Gasteiger partial charge in [-0.3, -0.25) is 4.79 Å². The molecule has 0 unspecified atom stereocenters. The lowest BCUT2D eigenvalue weighted by molar-refractivity contribution is -0.244. The van der Waals surface area contributed by atoms with E-state index in [2.05, 4.69) is 0 Å². The van der Waals surface area contributed by atoms with Crippen molar-refractivity contribution < 1.29 is 19.8 Å². The summed E-state index contributed by atoms with van der Waals surface area (Å²) in [5, 5.41) is 19.6. The van der Waals surface area contributed by atoms with Crippen LogP contribution in [0.15, 0.2) is 0 Å². The fraction of sp³-hybridized carbons (Fsp3) is 0.900. The first-order valence-corrected chi connectivity index (χ1v) is 5.13. The molecule has 5 heteroatoms. The van der Waals surface area contributed by atoms with Gasteiger partial charge < -0.3 is 15.1 Å². The van der Waals surface area contributed by atoms with Crippen LogP contribution in [0.5, 0.6) is 0 Å². The highest BCUT2D eigenvalue weighted by Crippen LogP contribution is 2.36. The second kappa shape index (κ2) is 4.08. The maximum atomic E-state index is 10.4. The van der Waals surface area contributed by atoms with Crippen LogP contribution >= 0.6 is 0 Å². The molecule has 0 spiro atoms. The summed E-state index contributed by atoms with van der Waals surface area (Å²) in [6, 6.07) is 0. The van der Waals surface area contributed by atoms with E-state index in [4.69, 9.17) is 9.84 Å². The first-order chi connectivity index (χ1) is 6.78. The van der Waals surface area contributed by atoms with Crippen molar-refractivity contribution >= 4 is 5.97 Å². The highest BCUT2D eigenvalue weighted by Gasteiger charge is 2.48. The van der Waals surface area contributed by atoms with Gasteiger partial charge in [0.2, 0.25) is 0 Å². The van der Waals surface area contributed by atoms with Crippen LogP contribution in [0.3, 0.4) is 0 Å². The van der Waals surface area contributed by atoms with Crippen LogP contribution in [-0.2, 0) is 9.53 Å². The maximum absolute atomic E-state index is 10.4. The molecule has 0 radical (unpaired) electrons. The summed E-state index contributed by atoms with van der Waals surface area (Å²) in [6.07, 6.45) is 1.12. The van der Waals surface area contributed by atoms with E-state index >= 15 is 0 Å². The molecule has 1 fully saturated rings. The Bertz CT molecular complexity index is 254. The van der Waals surface area contributed by atoms with Crippen LogP contribution in [0.1, 0.15) is 40.0 Å². The van der Waals surface area contributed by atoms with Crippen molar-refractivity contribution in [3.8, 4) is 0 Å². The minimum Gasteiger partial charge on any atom is -0.481 e. The third-order valence-corrected chi connectivity index (χ3v) is 2.79. The van der Waals surface area contributed by atoms with Crippen LogP contribution in [0.2, 0.25) is 0 Å². The predicted molar refractivity (Wildman–Crippen MR) is 53.5 cm³/mol. The Balaban J connectivity index is 2.50. The molecular weight excluding hydrogens is 198 g/mol. The van der Waals surface area contributed by atoms with Crippen LogP contribution < -0.4 is 0 Å². The fourth-order valence-electron chi connectivity index (χ4n) is 1.84. The van der Waals surface area contributed by atoms with E-state index in [0.717, 1.165) is 0 Å². The highest BCUT2D eigenvalue weighted by molar-refractivity contribution is 5.66. The summed E-state index contributed by atoms with van der Waals surface area (Å²) in [7, 11) is 0. The third kappa shape index (κ3) is 2.68. The van der Waals surface area contributed by atoms with Gasteiger partial charge in [-0.05, 0) is 33.6 Å². The number of carbonyl (C=O) groups is 1. The quantitative estimate of drug-likeness (QED) is 0.746. The number of carboxylic acids is 1. The van der Waals surface area contributed by atoms with Gasteiger partial charge in [0.15, 0.2) is 0 Å². The first kappa shape index (κ1) is 12.4. The van der Waals surface area contributed by atoms with Crippen LogP contribution in [-0.4, -0.2) is 39.2 Å². The van der Waals surface area contributed by atoms with Gasteiger partial charge in [-0.1, -0.05) is 0 Å². The standard InChI is InChI=1S/C10H19NO4/c1-9(2)7-15-10(3,11(9)14)6-4-5-8(12)13/h14H,4-7H2,1-3H3,(H,12,13)/t10-/m1/s1. The van der Waals surface area contributed by atoms with Gasteiger partial charge in [0.25, 0.3) is 0 Å². The van der Waals surface area contributed by atoms with Crippen LogP contribution in [0, 0.1) is 0 Å². The second-order valence-electron chi connectivity index (χ2n) is 4.84. The SMILES string of the molecule is CC1(C)CO[C@](C)(CCCC(=O)O)N1O. The van der Waals surface area contributed by atoms with Crippen LogP contribution in [0.25, 0.3) is 0 Å². The van der Waals surface area contributed by atoms with Gasteiger partial charge in [-0.15, -0.1) is 0 Å². The van der Waals surface area contributed by atoms with E-state index in [1.807, 2.05) is 13.8 Å². The summed E-state index contributed by atoms with van der Waals surface area (Å²) < 4.78 is 5.53. The Morgan fingerprint density at radius 2 is 2.07 bits per heavy atom. The molecule has 2 N–H and O–H groups in total. The lowest BCUT2D eigenvalue weighted by Gasteiger charge is -2.34. The van der Waals surface area contributed by atoms with Crippen molar-refractivity contribution in [2.75, 3.05) is 6.61 Å². The van der Waals surface area contributed by atoms with E-state index in [1.54, 1.807) is 6.92 Å². The smallest absolute Gasteiger partial charge is 0.303 e. The number of ether oxygens (including phenoxy) is 1. The Morgan fingerprint density at radius 1 is 1.47 bits per heavy atom. The Hall–Kier alpha value is -0.650. The molecule has 88 valence electrons. The molecule has 0 bridgehead atoms. The summed E-state index contributed by atoms with van der Waals surface area (Å²) in [4.78, 5) is 10.4. The van der Waals surface area contributed by atoms with Crippen molar-refractivity contribution in [1.29, 1.82) is 0 Å². The van der Waals surface area contributed by atoms with Crippen molar-refractivity contribution in [3.63, 3.8) is 0 Å². The Labute approximate surface area is 89.6 Å². The van der Waals surface area contributed by atoms with E-state index in [-0.39, 0.29) is 6.42 Å². The molecular formula is C10H19NO4. The first-order valence-electron chi connectivity index (χ1n) is 5.13. The van der Waals surface area contributed by atoms with E-state index in [0.29, 0.717) is 19.4 Å². The van der Waals surface area contributed by atoms with Crippen molar-refractivity contribution in [2.45, 2.75) is 51.3 Å². The molecule has 1 rings (SSSR count). The molecule has 0 aliphatic carbocycles. The lowest BCUT2D eigenvalue weighted by Crippen LogP contribution is -2.48. The van der Waals surface area contributed by atoms with E-state index in [1.165, 1.54) is 5.06 Å². The number of rotatable bonds is 4. The number of carboxylic acid groups (broad SMARTS) is 1. The molecule has 0 amide bonds. The largest absolute Gasteiger partial charge is 0.481 e. The second-order valence-corrected chi connectivity index (χ2v) is 4.84. The molecule has 5 nitrogen and oxygen atoms in total. The van der Waals surface area contributed by atoms with Gasteiger partial charge in [-0.2, -0.15) is 5.06 Å². The van der Waals surface area contributed by atoms with Crippen molar-refractivity contribution in [3.05, 3.63) is 0 Å². The number of hydrogen-bond donors (Lipinski definition) is 2. The molecule has 1 aliphatic rings. The topological polar surface area (TPSA) is 70.0 Å². The zero-order valence-corrected chi connectivity index (χ0v) is 9.49. The van der Waals surface area contributed by atoms with Gasteiger partial charge in [-0.25, -0.2) is 0 Å². The molecule has 0 aromatic rings. The lowest BCUT2D eigenvalue weighted by atomic mass is 10.0.